The summed E-state index contributed by atoms with van der Waals surface area (Å²) in [6, 6.07) is 18.9. The monoisotopic (exact) mass is 497 g/mol. The number of nitrogens with zero attached hydrogens (tertiary/aromatic N) is 6. The van der Waals surface area contributed by atoms with E-state index in [4.69, 9.17) is 0 Å². The van der Waals surface area contributed by atoms with Crippen LogP contribution in [-0.4, -0.2) is 61.2 Å². The molecule has 0 spiro atoms. The van der Waals surface area contributed by atoms with Gasteiger partial charge in [0.25, 0.3) is 5.56 Å². The highest BCUT2D eigenvalue weighted by atomic mass is 16.1. The first-order chi connectivity index (χ1) is 18.2. The molecular formula is C29H35N7O. The number of nitrogens with one attached hydrogen (secondary N) is 1. The van der Waals surface area contributed by atoms with Crippen molar-refractivity contribution in [2.45, 2.75) is 57.7 Å². The summed E-state index contributed by atoms with van der Waals surface area (Å²) in [7, 11) is 0. The van der Waals surface area contributed by atoms with Gasteiger partial charge in [-0.05, 0) is 58.8 Å². The summed E-state index contributed by atoms with van der Waals surface area (Å²) in [5, 5.41) is 14.2. The lowest BCUT2D eigenvalue weighted by Crippen LogP contribution is -2.48. The number of hydrogen-bond donors (Lipinski definition) is 1. The van der Waals surface area contributed by atoms with Crippen molar-refractivity contribution in [1.29, 1.82) is 0 Å². The third kappa shape index (κ3) is 5.08. The number of aromatic nitrogens is 5. The largest absolute Gasteiger partial charge is 0.322 e. The molecule has 1 saturated carbocycles. The van der Waals surface area contributed by atoms with E-state index in [-0.39, 0.29) is 11.6 Å². The van der Waals surface area contributed by atoms with Crippen LogP contribution >= 0.6 is 0 Å². The summed E-state index contributed by atoms with van der Waals surface area (Å²) in [6.45, 7) is 6.54. The number of rotatable bonds is 6. The fraction of sp³-hybridized carbons (Fsp3) is 0.448. The Balaban J connectivity index is 1.34. The molecule has 1 aliphatic heterocycles. The molecule has 2 aromatic heterocycles. The van der Waals surface area contributed by atoms with Gasteiger partial charge in [-0.2, -0.15) is 0 Å². The Morgan fingerprint density at radius 2 is 1.76 bits per heavy atom. The predicted octanol–water partition coefficient (Wildman–Crippen LogP) is 4.24. The van der Waals surface area contributed by atoms with Gasteiger partial charge in [0.15, 0.2) is 5.82 Å². The third-order valence-corrected chi connectivity index (χ3v) is 8.03. The maximum atomic E-state index is 13.5. The number of H-pyrrole nitrogens is 1. The van der Waals surface area contributed by atoms with E-state index in [0.717, 1.165) is 73.4 Å². The quantitative estimate of drug-likeness (QED) is 0.429. The maximum Gasteiger partial charge on any atom is 0.253 e. The zero-order chi connectivity index (χ0) is 25.2. The van der Waals surface area contributed by atoms with Gasteiger partial charge in [0.05, 0.1) is 6.04 Å². The third-order valence-electron chi connectivity index (χ3n) is 8.03. The van der Waals surface area contributed by atoms with Gasteiger partial charge >= 0.3 is 0 Å². The zero-order valence-corrected chi connectivity index (χ0v) is 21.5. The van der Waals surface area contributed by atoms with Crippen molar-refractivity contribution in [2.24, 2.45) is 0 Å². The number of fused-ring (bicyclic) bond motifs is 1. The summed E-state index contributed by atoms with van der Waals surface area (Å²) < 4.78 is 2.03. The van der Waals surface area contributed by atoms with Gasteiger partial charge in [-0.15, -0.1) is 5.10 Å². The van der Waals surface area contributed by atoms with Crippen LogP contribution in [0.5, 0.6) is 0 Å². The lowest BCUT2D eigenvalue weighted by Gasteiger charge is -2.39. The Bertz CT molecular complexity index is 1400. The number of hydrogen-bond acceptors (Lipinski definition) is 6. The second kappa shape index (κ2) is 10.6. The smallest absolute Gasteiger partial charge is 0.253 e. The molecule has 2 aromatic carbocycles. The van der Waals surface area contributed by atoms with Crippen LogP contribution in [-0.2, 0) is 6.54 Å². The molecular weight excluding hydrogens is 462 g/mol. The van der Waals surface area contributed by atoms with Crippen molar-refractivity contribution < 1.29 is 0 Å². The van der Waals surface area contributed by atoms with Crippen LogP contribution in [0, 0.1) is 6.92 Å². The van der Waals surface area contributed by atoms with Crippen molar-refractivity contribution in [3.63, 3.8) is 0 Å². The Morgan fingerprint density at radius 3 is 2.54 bits per heavy atom. The van der Waals surface area contributed by atoms with Crippen LogP contribution in [0.2, 0.25) is 0 Å². The number of tetrazole rings is 1. The Kier molecular flexibility index (Phi) is 6.85. The van der Waals surface area contributed by atoms with Gasteiger partial charge in [0.1, 0.15) is 6.04 Å². The van der Waals surface area contributed by atoms with Crippen LogP contribution in [0.25, 0.3) is 10.9 Å². The SMILES string of the molecule is Cc1ccc2cc([C@@H](c3nnnn3C3CCCCC3)N3CCN(Cc4ccccc4)CC3)c(=O)[nH]c2c1. The molecule has 0 bridgehead atoms. The van der Waals surface area contributed by atoms with Crippen LogP contribution in [0.15, 0.2) is 59.4 Å². The molecule has 192 valence electrons. The van der Waals surface area contributed by atoms with Gasteiger partial charge < -0.3 is 4.98 Å². The predicted molar refractivity (Wildman–Crippen MR) is 144 cm³/mol. The molecule has 4 aromatic rings. The summed E-state index contributed by atoms with van der Waals surface area (Å²) in [6.07, 6.45) is 5.84. The van der Waals surface area contributed by atoms with Crippen molar-refractivity contribution in [2.75, 3.05) is 26.2 Å². The minimum absolute atomic E-state index is 0.0620. The average Bonchev–Trinajstić information content (AvgIpc) is 3.41. The van der Waals surface area contributed by atoms with E-state index in [1.54, 1.807) is 0 Å². The topological polar surface area (TPSA) is 82.9 Å². The molecule has 2 aliphatic rings. The van der Waals surface area contributed by atoms with Gasteiger partial charge in [0.2, 0.25) is 0 Å². The molecule has 1 N–H and O–H groups in total. The number of benzene rings is 2. The van der Waals surface area contributed by atoms with Gasteiger partial charge in [-0.25, -0.2) is 4.68 Å². The van der Waals surface area contributed by atoms with E-state index >= 15 is 0 Å². The van der Waals surface area contributed by atoms with Gasteiger partial charge in [0, 0.05) is 43.8 Å². The Labute approximate surface area is 217 Å². The van der Waals surface area contributed by atoms with E-state index < -0.39 is 0 Å². The molecule has 37 heavy (non-hydrogen) atoms. The molecule has 0 radical (unpaired) electrons. The fourth-order valence-corrected chi connectivity index (χ4v) is 6.02. The fourth-order valence-electron chi connectivity index (χ4n) is 6.02. The zero-order valence-electron chi connectivity index (χ0n) is 21.5. The lowest BCUT2D eigenvalue weighted by atomic mass is 9.95. The van der Waals surface area contributed by atoms with E-state index in [9.17, 15) is 4.79 Å². The molecule has 0 amide bonds. The number of pyridine rings is 1. The molecule has 3 heterocycles. The number of aryl methyl sites for hydroxylation is 1. The Morgan fingerprint density at radius 1 is 0.973 bits per heavy atom. The minimum Gasteiger partial charge on any atom is -0.322 e. The normalized spacial score (nSPS) is 18.8. The molecule has 1 aliphatic carbocycles. The second-order valence-corrected chi connectivity index (χ2v) is 10.6. The molecule has 1 saturated heterocycles. The van der Waals surface area contributed by atoms with Crippen molar-refractivity contribution >= 4 is 10.9 Å². The number of piperazine rings is 1. The van der Waals surface area contributed by atoms with E-state index in [2.05, 4.69) is 78.8 Å². The first kappa shape index (κ1) is 24.0. The van der Waals surface area contributed by atoms with Gasteiger partial charge in [-0.1, -0.05) is 61.7 Å². The van der Waals surface area contributed by atoms with E-state index in [1.165, 1.54) is 24.8 Å². The maximum absolute atomic E-state index is 13.5. The molecule has 6 rings (SSSR count). The molecule has 0 unspecified atom stereocenters. The standard InChI is InChI=1S/C29H35N7O/c1-21-12-13-23-19-25(29(37)30-26(23)18-21)27(28-31-32-33-36(28)24-10-6-3-7-11-24)35-16-14-34(15-17-35)20-22-8-4-2-5-9-22/h2,4-5,8-9,12-13,18-19,24,27H,3,6-7,10-11,14-17,20H2,1H3,(H,30,37)/t27-/m0/s1. The van der Waals surface area contributed by atoms with Crippen molar-refractivity contribution in [3.8, 4) is 0 Å². The highest BCUT2D eigenvalue weighted by Crippen LogP contribution is 2.33. The average molecular weight is 498 g/mol. The van der Waals surface area contributed by atoms with Crippen molar-refractivity contribution in [3.05, 3.63) is 87.5 Å². The summed E-state index contributed by atoms with van der Waals surface area (Å²) in [5.74, 6) is 0.792. The Hall–Kier alpha value is -3.36. The van der Waals surface area contributed by atoms with Crippen LogP contribution in [0.4, 0.5) is 0 Å². The molecule has 1 atom stereocenters. The van der Waals surface area contributed by atoms with Crippen molar-refractivity contribution in [1.82, 2.24) is 35.0 Å². The van der Waals surface area contributed by atoms with E-state index in [1.807, 2.05) is 17.7 Å². The minimum atomic E-state index is -0.287. The summed E-state index contributed by atoms with van der Waals surface area (Å²) >= 11 is 0. The van der Waals surface area contributed by atoms with E-state index in [0.29, 0.717) is 6.04 Å². The number of aromatic amines is 1. The summed E-state index contributed by atoms with van der Waals surface area (Å²) in [5.41, 5.74) is 3.98. The first-order valence-electron chi connectivity index (χ1n) is 13.6. The molecule has 8 nitrogen and oxygen atoms in total. The first-order valence-corrected chi connectivity index (χ1v) is 13.6. The molecule has 2 fully saturated rings. The summed E-state index contributed by atoms with van der Waals surface area (Å²) in [4.78, 5) is 21.6. The lowest BCUT2D eigenvalue weighted by molar-refractivity contribution is 0.0982. The van der Waals surface area contributed by atoms with Crippen LogP contribution < -0.4 is 5.56 Å². The van der Waals surface area contributed by atoms with Crippen LogP contribution in [0.1, 0.15) is 66.7 Å². The van der Waals surface area contributed by atoms with Gasteiger partial charge in [-0.3, -0.25) is 14.6 Å². The van der Waals surface area contributed by atoms with Crippen LogP contribution in [0.3, 0.4) is 0 Å². The second-order valence-electron chi connectivity index (χ2n) is 10.6. The highest BCUT2D eigenvalue weighted by molar-refractivity contribution is 5.79. The highest BCUT2D eigenvalue weighted by Gasteiger charge is 2.34. The molecule has 8 heteroatoms.